The average molecular weight is 273 g/mol. The van der Waals surface area contributed by atoms with Crippen molar-refractivity contribution < 1.29 is 4.92 Å². The first kappa shape index (κ1) is 13.8. The Morgan fingerprint density at radius 1 is 1.82 bits per heavy atom. The summed E-state index contributed by atoms with van der Waals surface area (Å²) < 4.78 is 0. The Hall–Kier alpha value is -1.28. The first-order valence-corrected chi connectivity index (χ1v) is 6.91. The fraction of sp³-hybridized carbons (Fsp3) is 0.444. The van der Waals surface area contributed by atoms with E-state index in [-0.39, 0.29) is 0 Å². The van der Waals surface area contributed by atoms with Crippen molar-refractivity contribution in [3.8, 4) is 0 Å². The number of nitrogens with zero attached hydrogens (tertiary/aromatic N) is 2. The molecule has 1 rings (SSSR count). The van der Waals surface area contributed by atoms with Gasteiger partial charge in [-0.1, -0.05) is 0 Å². The van der Waals surface area contributed by atoms with E-state index in [1.54, 1.807) is 18.8 Å². The Kier molecular flexibility index (Phi) is 6.41. The highest BCUT2D eigenvalue weighted by atomic mass is 32.2. The van der Waals surface area contributed by atoms with Crippen molar-refractivity contribution in [1.29, 1.82) is 0 Å². The van der Waals surface area contributed by atoms with Crippen LogP contribution in [-0.4, -0.2) is 29.3 Å². The molecule has 0 unspecified atom stereocenters. The zero-order valence-electron chi connectivity index (χ0n) is 9.30. The van der Waals surface area contributed by atoms with Gasteiger partial charge >= 0.3 is 0 Å². The van der Waals surface area contributed by atoms with Crippen molar-refractivity contribution >= 4 is 23.1 Å². The fourth-order valence-electron chi connectivity index (χ4n) is 1.01. The van der Waals surface area contributed by atoms with Gasteiger partial charge in [-0.2, -0.15) is 11.8 Å². The number of nitrogens with one attached hydrogen (secondary N) is 2. The van der Waals surface area contributed by atoms with Crippen molar-refractivity contribution in [1.82, 2.24) is 15.6 Å². The van der Waals surface area contributed by atoms with Gasteiger partial charge in [-0.05, 0) is 0 Å². The fourth-order valence-corrected chi connectivity index (χ4v) is 2.36. The average Bonchev–Trinajstić information content (AvgIpc) is 2.79. The Bertz CT molecular complexity index is 367. The summed E-state index contributed by atoms with van der Waals surface area (Å²) in [4.78, 5) is 13.8. The molecule has 0 amide bonds. The van der Waals surface area contributed by atoms with Crippen molar-refractivity contribution in [3.05, 3.63) is 38.7 Å². The Morgan fingerprint density at radius 2 is 2.65 bits per heavy atom. The summed E-state index contributed by atoms with van der Waals surface area (Å²) in [5, 5.41) is 17.9. The molecule has 0 aromatic carbocycles. The minimum absolute atomic E-state index is 0.414. The van der Waals surface area contributed by atoms with Gasteiger partial charge in [-0.25, -0.2) is 4.98 Å². The molecule has 0 aliphatic heterocycles. The van der Waals surface area contributed by atoms with E-state index in [0.29, 0.717) is 12.4 Å². The van der Waals surface area contributed by atoms with E-state index in [2.05, 4.69) is 21.1 Å². The van der Waals surface area contributed by atoms with Crippen molar-refractivity contribution in [2.45, 2.75) is 5.75 Å². The lowest BCUT2D eigenvalue weighted by molar-refractivity contribution is -0.404. The number of thioether (sulfide) groups is 1. The minimum atomic E-state index is -0.489. The largest absolute Gasteiger partial charge is 0.370 e. The zero-order valence-corrected chi connectivity index (χ0v) is 10.9. The SMILES string of the molecule is CN/C(=C\[N+](=O)[O-])NCCSCc1cs[c]n1. The third-order valence-corrected chi connectivity index (χ3v) is 3.33. The molecular weight excluding hydrogens is 260 g/mol. The molecule has 0 aliphatic rings. The van der Waals surface area contributed by atoms with E-state index in [0.717, 1.165) is 23.4 Å². The van der Waals surface area contributed by atoms with Gasteiger partial charge < -0.3 is 10.6 Å². The van der Waals surface area contributed by atoms with Gasteiger partial charge in [0, 0.05) is 30.5 Å². The first-order valence-electron chi connectivity index (χ1n) is 4.87. The monoisotopic (exact) mass is 273 g/mol. The van der Waals surface area contributed by atoms with Crippen LogP contribution in [0, 0.1) is 15.6 Å². The number of nitro groups is 1. The second-order valence-corrected chi connectivity index (χ2v) is 4.75. The lowest BCUT2D eigenvalue weighted by Gasteiger charge is -2.06. The van der Waals surface area contributed by atoms with Crippen LogP contribution < -0.4 is 10.6 Å². The molecule has 0 aliphatic carbocycles. The lowest BCUT2D eigenvalue weighted by atomic mass is 10.6. The van der Waals surface area contributed by atoms with Gasteiger partial charge in [-0.3, -0.25) is 10.1 Å². The molecule has 0 atom stereocenters. The molecule has 0 bridgehead atoms. The quantitative estimate of drug-likeness (QED) is 0.419. The predicted molar refractivity (Wildman–Crippen MR) is 69.3 cm³/mol. The molecule has 0 spiro atoms. The summed E-state index contributed by atoms with van der Waals surface area (Å²) in [6, 6.07) is 0. The predicted octanol–water partition coefficient (Wildman–Crippen LogP) is 1.06. The first-order chi connectivity index (χ1) is 8.22. The molecule has 1 aromatic rings. The van der Waals surface area contributed by atoms with Crippen LogP contribution in [0.1, 0.15) is 5.69 Å². The van der Waals surface area contributed by atoms with Crippen LogP contribution in [-0.2, 0) is 5.75 Å². The van der Waals surface area contributed by atoms with Crippen LogP contribution in [0.25, 0.3) is 0 Å². The molecule has 1 heterocycles. The van der Waals surface area contributed by atoms with E-state index in [1.807, 2.05) is 5.38 Å². The smallest absolute Gasteiger partial charge is 0.274 e. The molecule has 0 saturated carbocycles. The third kappa shape index (κ3) is 6.12. The van der Waals surface area contributed by atoms with Gasteiger partial charge in [0.25, 0.3) is 6.20 Å². The Morgan fingerprint density at radius 3 is 3.24 bits per heavy atom. The molecule has 1 radical (unpaired) electrons. The molecule has 93 valence electrons. The van der Waals surface area contributed by atoms with Crippen LogP contribution >= 0.6 is 23.1 Å². The van der Waals surface area contributed by atoms with Crippen LogP contribution in [0.5, 0.6) is 0 Å². The molecule has 6 nitrogen and oxygen atoms in total. The molecular formula is C9H13N4O2S2. The summed E-state index contributed by atoms with van der Waals surface area (Å²) in [5.74, 6) is 2.11. The molecule has 17 heavy (non-hydrogen) atoms. The van der Waals surface area contributed by atoms with Gasteiger partial charge in [-0.15, -0.1) is 11.3 Å². The van der Waals surface area contributed by atoms with Gasteiger partial charge in [0.1, 0.15) is 0 Å². The summed E-state index contributed by atoms with van der Waals surface area (Å²) in [6.07, 6.45) is 0.917. The van der Waals surface area contributed by atoms with Crippen LogP contribution in [0.3, 0.4) is 0 Å². The number of rotatable bonds is 8. The Balaban J connectivity index is 2.13. The van der Waals surface area contributed by atoms with Gasteiger partial charge in [0.15, 0.2) is 11.3 Å². The second kappa shape index (κ2) is 7.91. The van der Waals surface area contributed by atoms with Crippen molar-refractivity contribution in [2.24, 2.45) is 0 Å². The van der Waals surface area contributed by atoms with Crippen LogP contribution in [0.2, 0.25) is 0 Å². The lowest BCUT2D eigenvalue weighted by Crippen LogP contribution is -2.26. The zero-order chi connectivity index (χ0) is 12.5. The summed E-state index contributed by atoms with van der Waals surface area (Å²) in [5.41, 5.74) is 3.81. The Labute approximate surface area is 108 Å². The molecule has 0 saturated heterocycles. The number of hydrogen-bond acceptors (Lipinski definition) is 7. The topological polar surface area (TPSA) is 80.1 Å². The number of hydrogen-bond donors (Lipinski definition) is 2. The van der Waals surface area contributed by atoms with E-state index >= 15 is 0 Å². The van der Waals surface area contributed by atoms with E-state index in [4.69, 9.17) is 0 Å². The summed E-state index contributed by atoms with van der Waals surface area (Å²) in [7, 11) is 1.64. The van der Waals surface area contributed by atoms with Gasteiger partial charge in [0.05, 0.1) is 10.6 Å². The highest BCUT2D eigenvalue weighted by molar-refractivity contribution is 7.98. The summed E-state index contributed by atoms with van der Waals surface area (Å²) >= 11 is 3.18. The minimum Gasteiger partial charge on any atom is -0.370 e. The molecule has 8 heteroatoms. The van der Waals surface area contributed by atoms with Crippen LogP contribution in [0.4, 0.5) is 0 Å². The van der Waals surface area contributed by atoms with Crippen LogP contribution in [0.15, 0.2) is 17.4 Å². The third-order valence-electron chi connectivity index (χ3n) is 1.75. The number of aromatic nitrogens is 1. The molecule has 2 N–H and O–H groups in total. The van der Waals surface area contributed by atoms with Crippen molar-refractivity contribution in [2.75, 3.05) is 19.3 Å². The molecule has 1 aromatic heterocycles. The van der Waals surface area contributed by atoms with E-state index < -0.39 is 4.92 Å². The second-order valence-electron chi connectivity index (χ2n) is 2.99. The van der Waals surface area contributed by atoms with E-state index in [9.17, 15) is 10.1 Å². The summed E-state index contributed by atoms with van der Waals surface area (Å²) in [6.45, 7) is 0.666. The maximum atomic E-state index is 10.2. The normalized spacial score (nSPS) is 11.2. The van der Waals surface area contributed by atoms with Gasteiger partial charge in [0.2, 0.25) is 0 Å². The maximum Gasteiger partial charge on any atom is 0.274 e. The molecule has 0 fully saturated rings. The number of thiazole rings is 1. The highest BCUT2D eigenvalue weighted by Gasteiger charge is 1.99. The highest BCUT2D eigenvalue weighted by Crippen LogP contribution is 2.10. The van der Waals surface area contributed by atoms with Crippen molar-refractivity contribution in [3.63, 3.8) is 0 Å². The van der Waals surface area contributed by atoms with E-state index in [1.165, 1.54) is 11.3 Å². The standard InChI is InChI=1S/C9H13N4O2S2/c1-10-9(4-13(14)15)11-2-3-16-5-8-6-17-7-12-8/h4,6,10-11H,2-3,5H2,1H3/b9-4+. The maximum absolute atomic E-state index is 10.2.